The van der Waals surface area contributed by atoms with Gasteiger partial charge in [0.2, 0.25) is 0 Å². The predicted molar refractivity (Wildman–Crippen MR) is 89.9 cm³/mol. The summed E-state index contributed by atoms with van der Waals surface area (Å²) in [6.07, 6.45) is 9.33. The molecule has 0 N–H and O–H groups in total. The molecule has 1 aliphatic heterocycles. The molecule has 0 radical (unpaired) electrons. The van der Waals surface area contributed by atoms with Gasteiger partial charge in [-0.2, -0.15) is 0 Å². The van der Waals surface area contributed by atoms with Gasteiger partial charge in [-0.25, -0.2) is 9.97 Å². The molecular weight excluding hydrogens is 304 g/mol. The number of anilines is 1. The minimum atomic E-state index is -0.0578. The molecule has 7 nitrogen and oxygen atoms in total. The molecule has 4 rings (SSSR count). The summed E-state index contributed by atoms with van der Waals surface area (Å²) in [5.74, 6) is 2.00. The number of hydrogen-bond acceptors (Lipinski definition) is 6. The molecule has 0 saturated carbocycles. The quantitative estimate of drug-likeness (QED) is 0.802. The van der Waals surface area contributed by atoms with E-state index in [1.54, 1.807) is 12.7 Å². The molecule has 0 amide bonds. The smallest absolute Gasteiger partial charge is 0.163 e. The summed E-state index contributed by atoms with van der Waals surface area (Å²) >= 11 is 0. The molecule has 1 aliphatic carbocycles. The van der Waals surface area contributed by atoms with Crippen LogP contribution < -0.4 is 4.90 Å². The van der Waals surface area contributed by atoms with Gasteiger partial charge in [-0.3, -0.25) is 0 Å². The third-order valence-corrected chi connectivity index (χ3v) is 4.99. The van der Waals surface area contributed by atoms with Gasteiger partial charge in [-0.15, -0.1) is 10.2 Å². The van der Waals surface area contributed by atoms with Gasteiger partial charge in [0, 0.05) is 24.3 Å². The van der Waals surface area contributed by atoms with E-state index in [4.69, 9.17) is 4.74 Å². The molecule has 128 valence electrons. The molecular formula is C17H24N6O. The first-order valence-corrected chi connectivity index (χ1v) is 8.94. The predicted octanol–water partition coefficient (Wildman–Crippen LogP) is 1.93. The Bertz CT molecular complexity index is 700. The average Bonchev–Trinajstić information content (AvgIpc) is 2.98. The van der Waals surface area contributed by atoms with Gasteiger partial charge < -0.3 is 14.2 Å². The van der Waals surface area contributed by atoms with Crippen LogP contribution in [0.5, 0.6) is 0 Å². The fourth-order valence-corrected chi connectivity index (χ4v) is 3.71. The molecule has 2 aliphatic rings. The second-order valence-corrected chi connectivity index (χ2v) is 6.46. The fourth-order valence-electron chi connectivity index (χ4n) is 3.71. The van der Waals surface area contributed by atoms with E-state index in [1.165, 1.54) is 30.5 Å². The van der Waals surface area contributed by atoms with Gasteiger partial charge in [0.05, 0.1) is 13.2 Å². The molecule has 0 bridgehead atoms. The molecule has 2 aromatic heterocycles. The van der Waals surface area contributed by atoms with Gasteiger partial charge in [0.15, 0.2) is 5.82 Å². The molecule has 2 aromatic rings. The Balaban J connectivity index is 1.61. The van der Waals surface area contributed by atoms with E-state index in [2.05, 4.69) is 36.6 Å². The molecule has 3 heterocycles. The van der Waals surface area contributed by atoms with Gasteiger partial charge >= 0.3 is 0 Å². The summed E-state index contributed by atoms with van der Waals surface area (Å²) in [5.41, 5.74) is 2.57. The SMILES string of the molecule is CCn1cnnc1[C@@H]1CN(c2ncnc3c2CCCCC3)CCO1. The van der Waals surface area contributed by atoms with Gasteiger partial charge in [-0.1, -0.05) is 6.42 Å². The lowest BCUT2D eigenvalue weighted by Gasteiger charge is -2.34. The Hall–Kier alpha value is -2.02. The number of morpholine rings is 1. The number of ether oxygens (including phenoxy) is 1. The summed E-state index contributed by atoms with van der Waals surface area (Å²) < 4.78 is 8.03. The number of aromatic nitrogens is 5. The highest BCUT2D eigenvalue weighted by Crippen LogP contribution is 2.30. The van der Waals surface area contributed by atoms with Crippen molar-refractivity contribution in [1.82, 2.24) is 24.7 Å². The van der Waals surface area contributed by atoms with Crippen LogP contribution >= 0.6 is 0 Å². The Morgan fingerprint density at radius 1 is 1.21 bits per heavy atom. The van der Waals surface area contributed by atoms with Crippen molar-refractivity contribution >= 4 is 5.82 Å². The summed E-state index contributed by atoms with van der Waals surface area (Å²) in [5, 5.41) is 8.31. The fraction of sp³-hybridized carbons (Fsp3) is 0.647. The topological polar surface area (TPSA) is 69.0 Å². The Kier molecular flexibility index (Phi) is 4.42. The molecule has 0 spiro atoms. The minimum Gasteiger partial charge on any atom is -0.366 e. The van der Waals surface area contributed by atoms with E-state index in [0.29, 0.717) is 6.61 Å². The average molecular weight is 328 g/mol. The highest BCUT2D eigenvalue weighted by molar-refractivity contribution is 5.49. The Labute approximate surface area is 142 Å². The van der Waals surface area contributed by atoms with Gasteiger partial charge in [0.1, 0.15) is 24.6 Å². The number of hydrogen-bond donors (Lipinski definition) is 0. The van der Waals surface area contributed by atoms with E-state index in [-0.39, 0.29) is 6.10 Å². The van der Waals surface area contributed by atoms with Crippen molar-refractivity contribution in [2.24, 2.45) is 0 Å². The van der Waals surface area contributed by atoms with Crippen molar-refractivity contribution in [1.29, 1.82) is 0 Å². The molecule has 0 aromatic carbocycles. The van der Waals surface area contributed by atoms with Crippen molar-refractivity contribution < 1.29 is 4.74 Å². The monoisotopic (exact) mass is 328 g/mol. The van der Waals surface area contributed by atoms with Crippen LogP contribution in [0.3, 0.4) is 0 Å². The first kappa shape index (κ1) is 15.5. The number of rotatable bonds is 3. The third kappa shape index (κ3) is 2.88. The summed E-state index contributed by atoms with van der Waals surface area (Å²) in [7, 11) is 0. The molecule has 7 heteroatoms. The van der Waals surface area contributed by atoms with Crippen LogP contribution in [0.25, 0.3) is 0 Å². The first-order valence-electron chi connectivity index (χ1n) is 8.94. The number of fused-ring (bicyclic) bond motifs is 1. The van der Waals surface area contributed by atoms with E-state index in [9.17, 15) is 0 Å². The van der Waals surface area contributed by atoms with Crippen molar-refractivity contribution in [2.75, 3.05) is 24.6 Å². The maximum Gasteiger partial charge on any atom is 0.163 e. The third-order valence-electron chi connectivity index (χ3n) is 4.99. The minimum absolute atomic E-state index is 0.0578. The standard InChI is InChI=1S/C17H24N6O/c1-2-22-12-20-21-17(22)15-10-23(8-9-24-15)16-13-6-4-3-5-7-14(13)18-11-19-16/h11-12,15H,2-10H2,1H3/t15-/m0/s1. The van der Waals surface area contributed by atoms with Crippen LogP contribution in [0.2, 0.25) is 0 Å². The zero-order valence-corrected chi connectivity index (χ0v) is 14.2. The maximum atomic E-state index is 5.98. The van der Waals surface area contributed by atoms with Crippen molar-refractivity contribution in [3.05, 3.63) is 29.7 Å². The van der Waals surface area contributed by atoms with Crippen LogP contribution in [0.4, 0.5) is 5.82 Å². The molecule has 1 atom stereocenters. The van der Waals surface area contributed by atoms with Crippen molar-refractivity contribution in [3.63, 3.8) is 0 Å². The highest BCUT2D eigenvalue weighted by atomic mass is 16.5. The van der Waals surface area contributed by atoms with Crippen LogP contribution in [0, 0.1) is 0 Å². The molecule has 1 saturated heterocycles. The lowest BCUT2D eigenvalue weighted by molar-refractivity contribution is 0.0313. The Morgan fingerprint density at radius 2 is 2.12 bits per heavy atom. The second-order valence-electron chi connectivity index (χ2n) is 6.46. The van der Waals surface area contributed by atoms with Gasteiger partial charge in [-0.05, 0) is 32.6 Å². The lowest BCUT2D eigenvalue weighted by atomic mass is 10.1. The van der Waals surface area contributed by atoms with E-state index < -0.39 is 0 Å². The highest BCUT2D eigenvalue weighted by Gasteiger charge is 2.28. The number of nitrogens with zero attached hydrogens (tertiary/aromatic N) is 6. The maximum absolute atomic E-state index is 5.98. The van der Waals surface area contributed by atoms with Crippen molar-refractivity contribution in [3.8, 4) is 0 Å². The van der Waals surface area contributed by atoms with E-state index in [0.717, 1.165) is 44.1 Å². The van der Waals surface area contributed by atoms with E-state index >= 15 is 0 Å². The largest absolute Gasteiger partial charge is 0.366 e. The van der Waals surface area contributed by atoms with Crippen molar-refractivity contribution in [2.45, 2.75) is 51.7 Å². The van der Waals surface area contributed by atoms with Crippen LogP contribution in [-0.2, 0) is 24.1 Å². The summed E-state index contributed by atoms with van der Waals surface area (Å²) in [4.78, 5) is 11.5. The molecule has 0 unspecified atom stereocenters. The molecule has 24 heavy (non-hydrogen) atoms. The number of aryl methyl sites for hydroxylation is 2. The Morgan fingerprint density at radius 3 is 3.04 bits per heavy atom. The normalized spacial score (nSPS) is 21.4. The van der Waals surface area contributed by atoms with Crippen LogP contribution in [0.1, 0.15) is 49.4 Å². The second kappa shape index (κ2) is 6.84. The van der Waals surface area contributed by atoms with Gasteiger partial charge in [0.25, 0.3) is 0 Å². The molecule has 1 fully saturated rings. The zero-order chi connectivity index (χ0) is 16.4. The lowest BCUT2D eigenvalue weighted by Crippen LogP contribution is -2.40. The summed E-state index contributed by atoms with van der Waals surface area (Å²) in [6.45, 7) is 5.26. The first-order chi connectivity index (χ1) is 11.9. The van der Waals surface area contributed by atoms with E-state index in [1.807, 2.05) is 0 Å². The zero-order valence-electron chi connectivity index (χ0n) is 14.2. The summed E-state index contributed by atoms with van der Waals surface area (Å²) in [6, 6.07) is 0. The van der Waals surface area contributed by atoms with Crippen LogP contribution in [0.15, 0.2) is 12.7 Å². The van der Waals surface area contributed by atoms with Crippen LogP contribution in [-0.4, -0.2) is 44.4 Å².